The zero-order chi connectivity index (χ0) is 24.8. The summed E-state index contributed by atoms with van der Waals surface area (Å²) >= 11 is 0. The summed E-state index contributed by atoms with van der Waals surface area (Å²) in [7, 11) is -4.06. The third-order valence-corrected chi connectivity index (χ3v) is 6.92. The zero-order valence-corrected chi connectivity index (χ0v) is 19.7. The molecule has 4 aromatic carbocycles. The number of benzene rings is 4. The van der Waals surface area contributed by atoms with Gasteiger partial charge >= 0.3 is 0 Å². The highest BCUT2D eigenvalue weighted by Crippen LogP contribution is 2.28. The average molecular weight is 491 g/mol. The van der Waals surface area contributed by atoms with E-state index in [4.69, 9.17) is 4.74 Å². The summed E-state index contributed by atoms with van der Waals surface area (Å²) in [6.07, 6.45) is 0. The maximum atomic E-state index is 13.5. The number of para-hydroxylation sites is 1. The molecule has 1 amide bonds. The van der Waals surface area contributed by atoms with Crippen molar-refractivity contribution in [3.63, 3.8) is 0 Å². The van der Waals surface area contributed by atoms with Gasteiger partial charge in [0, 0.05) is 5.69 Å². The predicted molar refractivity (Wildman–Crippen MR) is 134 cm³/mol. The Hall–Kier alpha value is -4.17. The Balaban J connectivity index is 1.62. The van der Waals surface area contributed by atoms with Gasteiger partial charge in [-0.25, -0.2) is 12.8 Å². The van der Waals surface area contributed by atoms with E-state index in [1.165, 1.54) is 36.4 Å². The molecular weight excluding hydrogens is 467 g/mol. The highest BCUT2D eigenvalue weighted by atomic mass is 32.2. The molecule has 8 heteroatoms. The van der Waals surface area contributed by atoms with Crippen LogP contribution in [-0.4, -0.2) is 20.9 Å². The molecule has 6 nitrogen and oxygen atoms in total. The van der Waals surface area contributed by atoms with E-state index >= 15 is 0 Å². The van der Waals surface area contributed by atoms with Gasteiger partial charge in [0.05, 0.1) is 10.6 Å². The fourth-order valence-corrected chi connectivity index (χ4v) is 4.74. The fraction of sp³-hybridized carbons (Fsp3) is 0.0741. The second kappa shape index (κ2) is 10.4. The Morgan fingerprint density at radius 3 is 2.06 bits per heavy atom. The van der Waals surface area contributed by atoms with Crippen molar-refractivity contribution in [2.45, 2.75) is 11.8 Å². The number of halogens is 1. The van der Waals surface area contributed by atoms with Crippen LogP contribution in [0.15, 0.2) is 108 Å². The van der Waals surface area contributed by atoms with Gasteiger partial charge < -0.3 is 10.1 Å². The molecule has 0 aliphatic carbocycles. The molecule has 4 rings (SSSR count). The second-order valence-electron chi connectivity index (χ2n) is 7.79. The number of amides is 1. The van der Waals surface area contributed by atoms with Crippen LogP contribution in [0.1, 0.15) is 5.56 Å². The molecule has 1 N–H and O–H groups in total. The molecule has 35 heavy (non-hydrogen) atoms. The molecule has 0 unspecified atom stereocenters. The molecule has 0 saturated carbocycles. The number of anilines is 2. The number of aryl methyl sites for hydroxylation is 1. The smallest absolute Gasteiger partial charge is 0.264 e. The topological polar surface area (TPSA) is 75.7 Å². The number of sulfonamides is 1. The number of rotatable bonds is 8. The van der Waals surface area contributed by atoms with Crippen LogP contribution >= 0.6 is 0 Å². The van der Waals surface area contributed by atoms with Crippen LogP contribution in [0.25, 0.3) is 0 Å². The number of hydrogen-bond acceptors (Lipinski definition) is 4. The first-order valence-corrected chi connectivity index (χ1v) is 12.2. The molecule has 4 aromatic rings. The van der Waals surface area contributed by atoms with Gasteiger partial charge in [-0.1, -0.05) is 35.9 Å². The van der Waals surface area contributed by atoms with Gasteiger partial charge in [0.25, 0.3) is 10.0 Å². The normalized spacial score (nSPS) is 11.0. The monoisotopic (exact) mass is 490 g/mol. The Bertz CT molecular complexity index is 1390. The quantitative estimate of drug-likeness (QED) is 0.341. The molecule has 178 valence electrons. The Morgan fingerprint density at radius 1 is 0.829 bits per heavy atom. The largest absolute Gasteiger partial charge is 0.457 e. The number of nitrogens with one attached hydrogen (secondary N) is 1. The number of carbonyl (C=O) groups excluding carboxylic acids is 1. The van der Waals surface area contributed by atoms with Crippen molar-refractivity contribution < 1.29 is 22.3 Å². The van der Waals surface area contributed by atoms with E-state index in [9.17, 15) is 17.6 Å². The van der Waals surface area contributed by atoms with Gasteiger partial charge in [0.1, 0.15) is 23.9 Å². The molecule has 0 bridgehead atoms. The summed E-state index contributed by atoms with van der Waals surface area (Å²) in [6, 6.07) is 27.2. The van der Waals surface area contributed by atoms with E-state index in [0.717, 1.165) is 9.87 Å². The Morgan fingerprint density at radius 2 is 1.43 bits per heavy atom. The third kappa shape index (κ3) is 6.04. The summed E-state index contributed by atoms with van der Waals surface area (Å²) < 4.78 is 47.0. The first-order chi connectivity index (χ1) is 16.8. The number of nitrogens with zero attached hydrogens (tertiary/aromatic N) is 1. The van der Waals surface area contributed by atoms with Gasteiger partial charge in [-0.15, -0.1) is 0 Å². The highest BCUT2D eigenvalue weighted by Gasteiger charge is 2.27. The van der Waals surface area contributed by atoms with Crippen LogP contribution in [0.4, 0.5) is 15.8 Å². The maximum Gasteiger partial charge on any atom is 0.264 e. The molecular formula is C27H23FN2O4S. The molecule has 0 saturated heterocycles. The molecule has 0 aliphatic heterocycles. The minimum atomic E-state index is -4.06. The van der Waals surface area contributed by atoms with Crippen molar-refractivity contribution in [3.8, 4) is 11.5 Å². The lowest BCUT2D eigenvalue weighted by atomic mass is 10.2. The highest BCUT2D eigenvalue weighted by molar-refractivity contribution is 7.92. The van der Waals surface area contributed by atoms with Gasteiger partial charge in [-0.05, 0) is 79.7 Å². The lowest BCUT2D eigenvalue weighted by Crippen LogP contribution is -2.38. The van der Waals surface area contributed by atoms with Crippen LogP contribution in [0.5, 0.6) is 11.5 Å². The lowest BCUT2D eigenvalue weighted by Gasteiger charge is -2.24. The predicted octanol–water partition coefficient (Wildman–Crippen LogP) is 5.76. The van der Waals surface area contributed by atoms with E-state index < -0.39 is 28.3 Å². The van der Waals surface area contributed by atoms with Crippen molar-refractivity contribution >= 4 is 27.3 Å². The van der Waals surface area contributed by atoms with Crippen molar-refractivity contribution in [1.29, 1.82) is 0 Å². The van der Waals surface area contributed by atoms with Gasteiger partial charge in [0.2, 0.25) is 5.91 Å². The maximum absolute atomic E-state index is 13.5. The SMILES string of the molecule is Cc1ccc(S(=O)(=O)N(CC(=O)Nc2ccc(F)cc2)c2ccc(Oc3ccccc3)cc2)cc1. The van der Waals surface area contributed by atoms with Gasteiger partial charge in [-0.3, -0.25) is 9.10 Å². The first kappa shape index (κ1) is 24.0. The molecule has 0 fully saturated rings. The summed E-state index contributed by atoms with van der Waals surface area (Å²) in [5.41, 5.74) is 1.56. The third-order valence-electron chi connectivity index (χ3n) is 5.13. The van der Waals surface area contributed by atoms with Crippen LogP contribution < -0.4 is 14.4 Å². The van der Waals surface area contributed by atoms with E-state index in [1.807, 2.05) is 37.3 Å². The minimum Gasteiger partial charge on any atom is -0.457 e. The first-order valence-electron chi connectivity index (χ1n) is 10.8. The summed E-state index contributed by atoms with van der Waals surface area (Å²) in [5, 5.41) is 2.61. The second-order valence-corrected chi connectivity index (χ2v) is 9.65. The van der Waals surface area contributed by atoms with Crippen LogP contribution in [0, 0.1) is 12.7 Å². The van der Waals surface area contributed by atoms with E-state index in [0.29, 0.717) is 22.9 Å². The van der Waals surface area contributed by atoms with Crippen molar-refractivity contribution in [2.75, 3.05) is 16.2 Å². The van der Waals surface area contributed by atoms with Crippen LogP contribution in [-0.2, 0) is 14.8 Å². The number of hydrogen-bond donors (Lipinski definition) is 1. The summed E-state index contributed by atoms with van der Waals surface area (Å²) in [4.78, 5) is 12.8. The molecule has 0 radical (unpaired) electrons. The molecule has 0 aromatic heterocycles. The Kier molecular flexibility index (Phi) is 7.12. The van der Waals surface area contributed by atoms with Crippen LogP contribution in [0.3, 0.4) is 0 Å². The Labute approximate surface area is 203 Å². The molecule has 0 spiro atoms. The van der Waals surface area contributed by atoms with E-state index in [-0.39, 0.29) is 4.90 Å². The minimum absolute atomic E-state index is 0.0577. The lowest BCUT2D eigenvalue weighted by molar-refractivity contribution is -0.114. The summed E-state index contributed by atoms with van der Waals surface area (Å²) in [5.74, 6) is 0.146. The summed E-state index contributed by atoms with van der Waals surface area (Å²) in [6.45, 7) is 1.38. The van der Waals surface area contributed by atoms with Gasteiger partial charge in [-0.2, -0.15) is 0 Å². The number of ether oxygens (including phenoxy) is 1. The van der Waals surface area contributed by atoms with Gasteiger partial charge in [0.15, 0.2) is 0 Å². The number of carbonyl (C=O) groups is 1. The van der Waals surface area contributed by atoms with E-state index in [2.05, 4.69) is 5.32 Å². The zero-order valence-electron chi connectivity index (χ0n) is 18.9. The molecule has 0 atom stereocenters. The van der Waals surface area contributed by atoms with Crippen molar-refractivity contribution in [3.05, 3.63) is 115 Å². The molecule has 0 heterocycles. The standard InChI is InChI=1S/C27H23FN2O4S/c1-20-7-17-26(18-8-20)35(32,33)30(19-27(31)29-22-11-9-21(28)10-12-22)23-13-15-25(16-14-23)34-24-5-3-2-4-6-24/h2-18H,19H2,1H3,(H,29,31). The average Bonchev–Trinajstić information content (AvgIpc) is 2.85. The molecule has 0 aliphatic rings. The van der Waals surface area contributed by atoms with E-state index in [1.54, 1.807) is 36.4 Å². The van der Waals surface area contributed by atoms with Crippen molar-refractivity contribution in [1.82, 2.24) is 0 Å². The fourth-order valence-electron chi connectivity index (χ4n) is 3.32. The van der Waals surface area contributed by atoms with Crippen LogP contribution in [0.2, 0.25) is 0 Å². The van der Waals surface area contributed by atoms with Crippen molar-refractivity contribution in [2.24, 2.45) is 0 Å².